The summed E-state index contributed by atoms with van der Waals surface area (Å²) in [5.41, 5.74) is 0.590. The molecule has 0 unspecified atom stereocenters. The Morgan fingerprint density at radius 3 is 3.00 bits per heavy atom. The van der Waals surface area contributed by atoms with Crippen molar-refractivity contribution in [3.8, 4) is 11.8 Å². The first-order valence-corrected chi connectivity index (χ1v) is 7.90. The molecule has 0 amide bonds. The van der Waals surface area contributed by atoms with E-state index in [1.165, 1.54) is 22.9 Å². The van der Waals surface area contributed by atoms with Crippen molar-refractivity contribution >= 4 is 21.2 Å². The maximum atomic E-state index is 12.2. The molecule has 8 nitrogen and oxygen atoms in total. The second-order valence-corrected chi connectivity index (χ2v) is 6.53. The summed E-state index contributed by atoms with van der Waals surface area (Å²) in [5.74, 6) is -0.157. The van der Waals surface area contributed by atoms with Gasteiger partial charge in [-0.1, -0.05) is 0 Å². The van der Waals surface area contributed by atoms with Crippen molar-refractivity contribution in [2.24, 2.45) is 0 Å². The minimum Gasteiger partial charge on any atom is -0.488 e. The van der Waals surface area contributed by atoms with Crippen LogP contribution < -0.4 is 10.3 Å². The molecule has 0 saturated carbocycles. The van der Waals surface area contributed by atoms with Gasteiger partial charge >= 0.3 is 0 Å². The van der Waals surface area contributed by atoms with E-state index in [2.05, 4.69) is 9.17 Å². The number of hydrogen-bond donors (Lipinski definition) is 0. The normalized spacial score (nSPS) is 17.0. The van der Waals surface area contributed by atoms with E-state index in [0.29, 0.717) is 11.0 Å². The standard InChI is InChI=1S/C13H11N3O5S/c1-20-22(18,19)7-9-6-21-13-8(4-14)5-15-10-2-3-11(17)16(9)12(10)13/h2-3,5,9H,6-7H2,1H3/t9-/m0/s1. The maximum Gasteiger partial charge on any atom is 0.269 e. The number of hydrogen-bond acceptors (Lipinski definition) is 7. The highest BCUT2D eigenvalue weighted by molar-refractivity contribution is 7.86. The third-order valence-electron chi connectivity index (χ3n) is 3.45. The van der Waals surface area contributed by atoms with Gasteiger partial charge in [0.25, 0.3) is 15.7 Å². The molecule has 2 aromatic heterocycles. The highest BCUT2D eigenvalue weighted by Crippen LogP contribution is 2.33. The van der Waals surface area contributed by atoms with Gasteiger partial charge in [0.15, 0.2) is 5.75 Å². The predicted octanol–water partition coefficient (Wildman–Crippen LogP) is 0.178. The van der Waals surface area contributed by atoms with Crippen molar-refractivity contribution in [2.75, 3.05) is 19.5 Å². The van der Waals surface area contributed by atoms with Crippen LogP contribution in [-0.4, -0.2) is 37.4 Å². The Hall–Kier alpha value is -2.44. The summed E-state index contributed by atoms with van der Waals surface area (Å²) in [7, 11) is -2.71. The van der Waals surface area contributed by atoms with Gasteiger partial charge in [0, 0.05) is 12.3 Å². The van der Waals surface area contributed by atoms with Crippen LogP contribution in [0.2, 0.25) is 0 Å². The van der Waals surface area contributed by atoms with Crippen LogP contribution in [0, 0.1) is 11.3 Å². The highest BCUT2D eigenvalue weighted by atomic mass is 32.2. The van der Waals surface area contributed by atoms with E-state index in [1.54, 1.807) is 0 Å². The van der Waals surface area contributed by atoms with Gasteiger partial charge in [-0.05, 0) is 6.07 Å². The van der Waals surface area contributed by atoms with Crippen molar-refractivity contribution in [1.82, 2.24) is 9.55 Å². The molecule has 1 aliphatic rings. The Morgan fingerprint density at radius 2 is 2.32 bits per heavy atom. The summed E-state index contributed by atoms with van der Waals surface area (Å²) in [4.78, 5) is 16.3. The average Bonchev–Trinajstić information content (AvgIpc) is 2.51. The monoisotopic (exact) mass is 321 g/mol. The van der Waals surface area contributed by atoms with Gasteiger partial charge in [0.2, 0.25) is 0 Å². The van der Waals surface area contributed by atoms with Crippen LogP contribution in [0.5, 0.6) is 5.75 Å². The molecule has 3 heterocycles. The molecular weight excluding hydrogens is 310 g/mol. The number of rotatable bonds is 3. The molecule has 2 aromatic rings. The lowest BCUT2D eigenvalue weighted by Gasteiger charge is -2.27. The molecular formula is C13H11N3O5S. The predicted molar refractivity (Wildman–Crippen MR) is 76.0 cm³/mol. The van der Waals surface area contributed by atoms with E-state index in [-0.39, 0.29) is 23.5 Å². The second kappa shape index (κ2) is 5.08. The fourth-order valence-electron chi connectivity index (χ4n) is 2.46. The molecule has 3 rings (SSSR count). The van der Waals surface area contributed by atoms with Gasteiger partial charge in [-0.2, -0.15) is 13.7 Å². The summed E-state index contributed by atoms with van der Waals surface area (Å²) in [6.45, 7) is -0.0483. The number of ether oxygens (including phenoxy) is 1. The molecule has 0 aromatic carbocycles. The van der Waals surface area contributed by atoms with Crippen molar-refractivity contribution in [3.63, 3.8) is 0 Å². The van der Waals surface area contributed by atoms with Crippen LogP contribution in [0.1, 0.15) is 11.6 Å². The molecule has 1 atom stereocenters. The summed E-state index contributed by atoms with van der Waals surface area (Å²) >= 11 is 0. The lowest BCUT2D eigenvalue weighted by molar-refractivity contribution is 0.241. The summed E-state index contributed by atoms with van der Waals surface area (Å²) in [6.07, 6.45) is 1.36. The van der Waals surface area contributed by atoms with Crippen LogP contribution >= 0.6 is 0 Å². The molecule has 22 heavy (non-hydrogen) atoms. The number of pyridine rings is 2. The minimum absolute atomic E-state index is 0.0483. The van der Waals surface area contributed by atoms with E-state index < -0.39 is 21.9 Å². The molecule has 114 valence electrons. The van der Waals surface area contributed by atoms with Crippen molar-refractivity contribution in [1.29, 1.82) is 5.26 Å². The first-order chi connectivity index (χ1) is 10.5. The molecule has 0 aliphatic carbocycles. The van der Waals surface area contributed by atoms with Gasteiger partial charge in [0.1, 0.15) is 23.8 Å². The SMILES string of the molecule is COS(=O)(=O)C[C@@H]1COc2c(C#N)cnc3ccc(=O)n1c23. The smallest absolute Gasteiger partial charge is 0.269 e. The Bertz CT molecular complexity index is 958. The minimum atomic E-state index is -3.78. The Labute approximate surface area is 125 Å². The number of aromatic nitrogens is 2. The van der Waals surface area contributed by atoms with Crippen molar-refractivity contribution in [3.05, 3.63) is 34.2 Å². The van der Waals surface area contributed by atoms with Crippen LogP contribution in [0.3, 0.4) is 0 Å². The second-order valence-electron chi connectivity index (χ2n) is 4.74. The number of nitriles is 1. The van der Waals surface area contributed by atoms with Crippen LogP contribution in [-0.2, 0) is 14.3 Å². The van der Waals surface area contributed by atoms with E-state index in [0.717, 1.165) is 7.11 Å². The molecule has 0 N–H and O–H groups in total. The highest BCUT2D eigenvalue weighted by Gasteiger charge is 2.30. The van der Waals surface area contributed by atoms with Gasteiger partial charge < -0.3 is 4.74 Å². The third-order valence-corrected chi connectivity index (χ3v) is 4.75. The van der Waals surface area contributed by atoms with Gasteiger partial charge in [-0.3, -0.25) is 18.5 Å². The molecule has 1 aliphatic heterocycles. The van der Waals surface area contributed by atoms with Crippen LogP contribution in [0.25, 0.3) is 11.0 Å². The Morgan fingerprint density at radius 1 is 1.55 bits per heavy atom. The third kappa shape index (κ3) is 2.22. The van der Waals surface area contributed by atoms with E-state index in [1.807, 2.05) is 6.07 Å². The van der Waals surface area contributed by atoms with Crippen LogP contribution in [0.15, 0.2) is 23.1 Å². The quantitative estimate of drug-likeness (QED) is 0.741. The molecule has 0 saturated heterocycles. The molecule has 0 spiro atoms. The zero-order valence-electron chi connectivity index (χ0n) is 11.5. The fraction of sp³-hybridized carbons (Fsp3) is 0.308. The lowest BCUT2D eigenvalue weighted by Crippen LogP contribution is -2.36. The first-order valence-electron chi connectivity index (χ1n) is 6.32. The van der Waals surface area contributed by atoms with Gasteiger partial charge in [-0.25, -0.2) is 0 Å². The zero-order chi connectivity index (χ0) is 15.9. The zero-order valence-corrected chi connectivity index (χ0v) is 12.3. The number of nitrogens with zero attached hydrogens (tertiary/aromatic N) is 3. The molecule has 9 heteroatoms. The molecule has 0 radical (unpaired) electrons. The maximum absolute atomic E-state index is 12.2. The van der Waals surface area contributed by atoms with E-state index in [9.17, 15) is 13.2 Å². The topological polar surface area (TPSA) is 111 Å². The lowest BCUT2D eigenvalue weighted by atomic mass is 10.1. The summed E-state index contributed by atoms with van der Waals surface area (Å²) in [5, 5.41) is 9.11. The Balaban J connectivity index is 2.28. The molecule has 0 fully saturated rings. The average molecular weight is 321 g/mol. The van der Waals surface area contributed by atoms with Crippen LogP contribution in [0.4, 0.5) is 0 Å². The fourth-order valence-corrected chi connectivity index (χ4v) is 3.31. The molecule has 0 bridgehead atoms. The van der Waals surface area contributed by atoms with E-state index in [4.69, 9.17) is 10.00 Å². The van der Waals surface area contributed by atoms with Gasteiger partial charge in [0.05, 0.1) is 24.4 Å². The van der Waals surface area contributed by atoms with Crippen molar-refractivity contribution in [2.45, 2.75) is 6.04 Å². The summed E-state index contributed by atoms with van der Waals surface area (Å²) in [6, 6.07) is 4.02. The summed E-state index contributed by atoms with van der Waals surface area (Å²) < 4.78 is 34.6. The Kier molecular flexibility index (Phi) is 3.35. The van der Waals surface area contributed by atoms with E-state index >= 15 is 0 Å². The van der Waals surface area contributed by atoms with Gasteiger partial charge in [-0.15, -0.1) is 0 Å². The largest absolute Gasteiger partial charge is 0.488 e. The first kappa shape index (κ1) is 14.5. The van der Waals surface area contributed by atoms with Crippen molar-refractivity contribution < 1.29 is 17.3 Å².